The predicted octanol–water partition coefficient (Wildman–Crippen LogP) is 4.01. The average Bonchev–Trinajstić information content (AvgIpc) is 2.66. The average molecular weight is 342 g/mol. The quantitative estimate of drug-likeness (QED) is 0.536. The predicted molar refractivity (Wildman–Crippen MR) is 97.1 cm³/mol. The Kier molecular flexibility index (Phi) is 6.46. The molecule has 0 aliphatic carbocycles. The van der Waals surface area contributed by atoms with Crippen molar-refractivity contribution in [3.63, 3.8) is 0 Å². The van der Waals surface area contributed by atoms with E-state index in [1.54, 1.807) is 63.8 Å². The number of ether oxygens (including phenoxy) is 4. The third-order valence-corrected chi connectivity index (χ3v) is 3.57. The van der Waals surface area contributed by atoms with Crippen molar-refractivity contribution < 1.29 is 23.7 Å². The summed E-state index contributed by atoms with van der Waals surface area (Å²) in [4.78, 5) is 12.3. The van der Waals surface area contributed by atoms with Gasteiger partial charge in [0.15, 0.2) is 17.3 Å². The number of carbonyl (C=O) groups excluding carboxylic acids is 1. The van der Waals surface area contributed by atoms with Gasteiger partial charge in [0.05, 0.1) is 27.9 Å². The summed E-state index contributed by atoms with van der Waals surface area (Å²) in [5.41, 5.74) is 1.36. The van der Waals surface area contributed by atoms with E-state index in [-0.39, 0.29) is 5.78 Å². The molecule has 0 radical (unpaired) electrons. The van der Waals surface area contributed by atoms with Crippen molar-refractivity contribution >= 4 is 11.9 Å². The van der Waals surface area contributed by atoms with Crippen LogP contribution in [0.25, 0.3) is 6.08 Å². The molecule has 0 aliphatic rings. The molecule has 2 rings (SSSR count). The standard InChI is InChI=1S/C20H22O5/c1-5-25-20-18(23-3)12-14(13-19(20)24-4)6-11-17(21)15-7-9-16(22-2)10-8-15/h6-13H,5H2,1-4H3. The molecule has 25 heavy (non-hydrogen) atoms. The molecule has 0 heterocycles. The molecule has 2 aromatic rings. The monoisotopic (exact) mass is 342 g/mol. The van der Waals surface area contributed by atoms with Crippen molar-refractivity contribution in [2.45, 2.75) is 6.92 Å². The molecule has 0 aromatic heterocycles. The zero-order valence-corrected chi connectivity index (χ0v) is 14.9. The van der Waals surface area contributed by atoms with Gasteiger partial charge in [0.25, 0.3) is 0 Å². The maximum atomic E-state index is 12.3. The van der Waals surface area contributed by atoms with Gasteiger partial charge >= 0.3 is 0 Å². The number of hydrogen-bond donors (Lipinski definition) is 0. The Bertz CT molecular complexity index is 722. The Hall–Kier alpha value is -2.95. The zero-order chi connectivity index (χ0) is 18.2. The van der Waals surface area contributed by atoms with Crippen LogP contribution >= 0.6 is 0 Å². The van der Waals surface area contributed by atoms with E-state index >= 15 is 0 Å². The van der Waals surface area contributed by atoms with E-state index in [2.05, 4.69) is 0 Å². The highest BCUT2D eigenvalue weighted by molar-refractivity contribution is 6.06. The topological polar surface area (TPSA) is 54.0 Å². The van der Waals surface area contributed by atoms with E-state index < -0.39 is 0 Å². The first-order valence-electron chi connectivity index (χ1n) is 7.88. The van der Waals surface area contributed by atoms with Gasteiger partial charge in [0.1, 0.15) is 5.75 Å². The van der Waals surface area contributed by atoms with Crippen molar-refractivity contribution in [3.8, 4) is 23.0 Å². The van der Waals surface area contributed by atoms with Gasteiger partial charge in [-0.15, -0.1) is 0 Å². The Balaban J connectivity index is 2.25. The molecule has 132 valence electrons. The van der Waals surface area contributed by atoms with E-state index in [9.17, 15) is 4.79 Å². The number of carbonyl (C=O) groups is 1. The van der Waals surface area contributed by atoms with E-state index in [1.807, 2.05) is 6.92 Å². The molecule has 5 nitrogen and oxygen atoms in total. The van der Waals surface area contributed by atoms with Crippen LogP contribution < -0.4 is 18.9 Å². The Labute approximate surface area is 147 Å². The molecule has 0 spiro atoms. The number of allylic oxidation sites excluding steroid dienone is 1. The number of benzene rings is 2. The van der Waals surface area contributed by atoms with Gasteiger partial charge < -0.3 is 18.9 Å². The van der Waals surface area contributed by atoms with Crippen molar-refractivity contribution in [2.24, 2.45) is 0 Å². The van der Waals surface area contributed by atoms with E-state index in [4.69, 9.17) is 18.9 Å². The molecule has 0 amide bonds. The lowest BCUT2D eigenvalue weighted by Gasteiger charge is -2.14. The van der Waals surface area contributed by atoms with Crippen LogP contribution in [0.1, 0.15) is 22.8 Å². The maximum Gasteiger partial charge on any atom is 0.203 e. The first kappa shape index (κ1) is 18.4. The minimum atomic E-state index is -0.102. The smallest absolute Gasteiger partial charge is 0.203 e. The van der Waals surface area contributed by atoms with Crippen LogP contribution in [0.3, 0.4) is 0 Å². The molecule has 0 aliphatic heterocycles. The molecule has 0 atom stereocenters. The summed E-state index contributed by atoms with van der Waals surface area (Å²) >= 11 is 0. The first-order chi connectivity index (χ1) is 12.1. The van der Waals surface area contributed by atoms with Crippen LogP contribution in [-0.2, 0) is 0 Å². The Morgan fingerprint density at radius 2 is 1.56 bits per heavy atom. The van der Waals surface area contributed by atoms with Crippen LogP contribution in [0.2, 0.25) is 0 Å². The minimum Gasteiger partial charge on any atom is -0.497 e. The van der Waals surface area contributed by atoms with Crippen LogP contribution in [0, 0.1) is 0 Å². The zero-order valence-electron chi connectivity index (χ0n) is 14.9. The van der Waals surface area contributed by atoms with Crippen molar-refractivity contribution in [2.75, 3.05) is 27.9 Å². The van der Waals surface area contributed by atoms with Gasteiger partial charge in [-0.25, -0.2) is 0 Å². The number of methoxy groups -OCH3 is 3. The molecular formula is C20H22O5. The highest BCUT2D eigenvalue weighted by Crippen LogP contribution is 2.38. The van der Waals surface area contributed by atoms with Crippen LogP contribution in [-0.4, -0.2) is 33.7 Å². The summed E-state index contributed by atoms with van der Waals surface area (Å²) < 4.78 is 21.4. The molecule has 0 saturated heterocycles. The summed E-state index contributed by atoms with van der Waals surface area (Å²) in [5.74, 6) is 2.26. The molecular weight excluding hydrogens is 320 g/mol. The fourth-order valence-corrected chi connectivity index (χ4v) is 2.31. The Morgan fingerprint density at radius 3 is 2.04 bits per heavy atom. The lowest BCUT2D eigenvalue weighted by atomic mass is 10.1. The third kappa shape index (κ3) is 4.53. The fraction of sp³-hybridized carbons (Fsp3) is 0.250. The fourth-order valence-electron chi connectivity index (χ4n) is 2.31. The normalized spacial score (nSPS) is 10.6. The number of hydrogen-bond acceptors (Lipinski definition) is 5. The van der Waals surface area contributed by atoms with Crippen LogP contribution in [0.5, 0.6) is 23.0 Å². The van der Waals surface area contributed by atoms with E-state index in [0.29, 0.717) is 35.2 Å². The van der Waals surface area contributed by atoms with E-state index in [0.717, 1.165) is 5.56 Å². The summed E-state index contributed by atoms with van der Waals surface area (Å²) in [6.07, 6.45) is 3.23. The van der Waals surface area contributed by atoms with Gasteiger partial charge in [0, 0.05) is 5.56 Å². The van der Waals surface area contributed by atoms with Crippen LogP contribution in [0.4, 0.5) is 0 Å². The number of ketones is 1. The molecule has 0 bridgehead atoms. The van der Waals surface area contributed by atoms with Crippen molar-refractivity contribution in [1.82, 2.24) is 0 Å². The SMILES string of the molecule is CCOc1c(OC)cc(C=CC(=O)c2ccc(OC)cc2)cc1OC. The lowest BCUT2D eigenvalue weighted by molar-refractivity contribution is 0.104. The summed E-state index contributed by atoms with van der Waals surface area (Å²) in [7, 11) is 4.71. The van der Waals surface area contributed by atoms with Gasteiger partial charge in [-0.3, -0.25) is 4.79 Å². The lowest BCUT2D eigenvalue weighted by Crippen LogP contribution is -1.99. The molecule has 5 heteroatoms. The van der Waals surface area contributed by atoms with E-state index in [1.165, 1.54) is 6.08 Å². The van der Waals surface area contributed by atoms with Crippen molar-refractivity contribution in [3.05, 3.63) is 53.6 Å². The molecule has 2 aromatic carbocycles. The van der Waals surface area contributed by atoms with Gasteiger partial charge in [0.2, 0.25) is 5.75 Å². The van der Waals surface area contributed by atoms with Crippen LogP contribution in [0.15, 0.2) is 42.5 Å². The van der Waals surface area contributed by atoms with Gasteiger partial charge in [-0.1, -0.05) is 6.08 Å². The molecule has 0 unspecified atom stereocenters. The third-order valence-electron chi connectivity index (χ3n) is 3.57. The molecule has 0 N–H and O–H groups in total. The second-order valence-electron chi connectivity index (χ2n) is 5.11. The van der Waals surface area contributed by atoms with Crippen molar-refractivity contribution in [1.29, 1.82) is 0 Å². The second kappa shape index (κ2) is 8.78. The van der Waals surface area contributed by atoms with Gasteiger partial charge in [-0.2, -0.15) is 0 Å². The molecule has 0 saturated carbocycles. The minimum absolute atomic E-state index is 0.102. The highest BCUT2D eigenvalue weighted by Gasteiger charge is 2.13. The summed E-state index contributed by atoms with van der Waals surface area (Å²) in [5, 5.41) is 0. The summed E-state index contributed by atoms with van der Waals surface area (Å²) in [6.45, 7) is 2.39. The maximum absolute atomic E-state index is 12.3. The van der Waals surface area contributed by atoms with Gasteiger partial charge in [-0.05, 0) is 55.0 Å². The molecule has 0 fully saturated rings. The second-order valence-corrected chi connectivity index (χ2v) is 5.11. The number of rotatable bonds is 8. The first-order valence-corrected chi connectivity index (χ1v) is 7.88. The largest absolute Gasteiger partial charge is 0.497 e. The highest BCUT2D eigenvalue weighted by atomic mass is 16.5. The Morgan fingerprint density at radius 1 is 0.960 bits per heavy atom. The summed E-state index contributed by atoms with van der Waals surface area (Å²) in [6, 6.07) is 10.6.